The number of fused-ring (bicyclic) bond motifs is 1. The number of ketones is 1. The van der Waals surface area contributed by atoms with Crippen LogP contribution in [-0.4, -0.2) is 5.78 Å². The maximum Gasteiger partial charge on any atom is 0.163 e. The smallest absolute Gasteiger partial charge is 0.163 e. The number of carbonyl (C=O) groups is 1. The quantitative estimate of drug-likeness (QED) is 0.599. The summed E-state index contributed by atoms with van der Waals surface area (Å²) < 4.78 is 0. The molecule has 0 atom stereocenters. The van der Waals surface area contributed by atoms with E-state index in [4.69, 9.17) is 0 Å². The van der Waals surface area contributed by atoms with Crippen LogP contribution in [0.4, 0.5) is 0 Å². The second-order valence-electron chi connectivity index (χ2n) is 3.84. The number of Topliss-reactive ketones (excluding diaryl/α,β-unsaturated/α-hetero) is 1. The van der Waals surface area contributed by atoms with Gasteiger partial charge in [0.2, 0.25) is 0 Å². The fourth-order valence-corrected chi connectivity index (χ4v) is 1.85. The second-order valence-corrected chi connectivity index (χ2v) is 3.84. The van der Waals surface area contributed by atoms with Crippen LogP contribution in [0.5, 0.6) is 0 Å². The predicted molar refractivity (Wildman–Crippen MR) is 60.7 cm³/mol. The topological polar surface area (TPSA) is 29.1 Å². The molecule has 0 spiro atoms. The minimum absolute atomic E-state index is 0.213. The van der Waals surface area contributed by atoms with Crippen molar-refractivity contribution in [2.24, 2.45) is 0 Å². The van der Waals surface area contributed by atoms with E-state index in [1.165, 1.54) is 11.1 Å². The lowest BCUT2D eigenvalue weighted by Crippen LogP contribution is -2.00. The molecule has 1 aromatic rings. The molecule has 1 N–H and O–H groups in total. The minimum Gasteiger partial charge on any atom is -0.309 e. The molecule has 0 unspecified atom stereocenters. The molecule has 1 aliphatic rings. The zero-order valence-electron chi connectivity index (χ0n) is 8.75. The Kier molecular flexibility index (Phi) is 2.97. The van der Waals surface area contributed by atoms with E-state index in [2.05, 4.69) is 18.0 Å². The van der Waals surface area contributed by atoms with Crippen LogP contribution in [0, 0.1) is 0 Å². The average molecular weight is 201 g/mol. The van der Waals surface area contributed by atoms with Gasteiger partial charge in [-0.25, -0.2) is 0 Å². The van der Waals surface area contributed by atoms with Gasteiger partial charge in [-0.05, 0) is 23.6 Å². The monoisotopic (exact) mass is 201 g/mol. The Bertz CT molecular complexity index is 396. The van der Waals surface area contributed by atoms with E-state index < -0.39 is 0 Å². The van der Waals surface area contributed by atoms with Crippen LogP contribution in [0.1, 0.15) is 34.3 Å². The Hall–Kier alpha value is -1.41. The van der Waals surface area contributed by atoms with E-state index >= 15 is 0 Å². The number of carbonyl (C=O) groups excluding carboxylic acids is 1. The van der Waals surface area contributed by atoms with Crippen molar-refractivity contribution in [2.75, 3.05) is 0 Å². The first-order chi connectivity index (χ1) is 7.31. The summed E-state index contributed by atoms with van der Waals surface area (Å²) in [7, 11) is 0. The van der Waals surface area contributed by atoms with Crippen LogP contribution in [0.15, 0.2) is 30.9 Å². The Labute approximate surface area is 90.0 Å². The van der Waals surface area contributed by atoms with Gasteiger partial charge in [0, 0.05) is 25.1 Å². The summed E-state index contributed by atoms with van der Waals surface area (Å²) in [6.07, 6.45) is 3.11. The highest BCUT2D eigenvalue weighted by Gasteiger charge is 2.12. The van der Waals surface area contributed by atoms with E-state index in [1.807, 2.05) is 12.1 Å². The number of nitrogens with one attached hydrogen (secondary N) is 1. The Morgan fingerprint density at radius 1 is 1.40 bits per heavy atom. The summed E-state index contributed by atoms with van der Waals surface area (Å²) in [4.78, 5) is 11.7. The van der Waals surface area contributed by atoms with Crippen LogP contribution in [0.2, 0.25) is 0 Å². The van der Waals surface area contributed by atoms with Gasteiger partial charge in [-0.3, -0.25) is 4.79 Å². The molecule has 0 bridgehead atoms. The molecule has 15 heavy (non-hydrogen) atoms. The van der Waals surface area contributed by atoms with Crippen molar-refractivity contribution in [3.63, 3.8) is 0 Å². The molecule has 1 heterocycles. The summed E-state index contributed by atoms with van der Waals surface area (Å²) in [6, 6.07) is 5.99. The van der Waals surface area contributed by atoms with Crippen molar-refractivity contribution < 1.29 is 4.79 Å². The van der Waals surface area contributed by atoms with Crippen molar-refractivity contribution in [1.82, 2.24) is 5.32 Å². The Morgan fingerprint density at radius 2 is 2.20 bits per heavy atom. The summed E-state index contributed by atoms with van der Waals surface area (Å²) in [5, 5.41) is 3.27. The lowest BCUT2D eigenvalue weighted by atomic mass is 10.0. The molecule has 2 nitrogen and oxygen atoms in total. The summed E-state index contributed by atoms with van der Waals surface area (Å²) in [6.45, 7) is 5.44. The first-order valence-electron chi connectivity index (χ1n) is 5.28. The van der Waals surface area contributed by atoms with Crippen molar-refractivity contribution in [3.05, 3.63) is 47.5 Å². The van der Waals surface area contributed by atoms with Gasteiger partial charge in [-0.2, -0.15) is 0 Å². The lowest BCUT2D eigenvalue weighted by molar-refractivity contribution is 0.0983. The van der Waals surface area contributed by atoms with E-state index in [0.717, 1.165) is 25.1 Å². The van der Waals surface area contributed by atoms with Crippen LogP contribution >= 0.6 is 0 Å². The second kappa shape index (κ2) is 4.41. The first-order valence-corrected chi connectivity index (χ1v) is 5.28. The van der Waals surface area contributed by atoms with E-state index in [-0.39, 0.29) is 5.78 Å². The Morgan fingerprint density at radius 3 is 3.00 bits per heavy atom. The van der Waals surface area contributed by atoms with Crippen LogP contribution in [0.25, 0.3) is 0 Å². The third kappa shape index (κ3) is 2.16. The van der Waals surface area contributed by atoms with E-state index in [9.17, 15) is 4.79 Å². The number of benzene rings is 1. The lowest BCUT2D eigenvalue weighted by Gasteiger charge is -2.02. The predicted octanol–water partition coefficient (Wildman–Crippen LogP) is 2.44. The fraction of sp³-hybridized carbons (Fsp3) is 0.308. The van der Waals surface area contributed by atoms with Crippen molar-refractivity contribution in [2.45, 2.75) is 25.9 Å². The molecule has 0 radical (unpaired) electrons. The van der Waals surface area contributed by atoms with Gasteiger partial charge in [0.15, 0.2) is 5.78 Å². The molecular weight excluding hydrogens is 186 g/mol. The number of allylic oxidation sites excluding steroid dienone is 1. The molecule has 0 fully saturated rings. The molecule has 78 valence electrons. The maximum atomic E-state index is 11.7. The number of hydrogen-bond donors (Lipinski definition) is 1. The molecule has 0 saturated heterocycles. The highest BCUT2D eigenvalue weighted by Crippen LogP contribution is 2.18. The third-order valence-electron chi connectivity index (χ3n) is 2.73. The molecule has 1 aromatic carbocycles. The third-order valence-corrected chi connectivity index (χ3v) is 2.73. The first kappa shape index (κ1) is 10.1. The minimum atomic E-state index is 0.213. The molecular formula is C13H15NO. The average Bonchev–Trinajstić information content (AvgIpc) is 2.72. The standard InChI is InChI=1S/C13H15NO/c1-2-3-4-13(15)10-5-6-11-8-14-9-12(11)7-10/h2,5-7,14H,1,3-4,8-9H2. The highest BCUT2D eigenvalue weighted by atomic mass is 16.1. The van der Waals surface area contributed by atoms with Crippen molar-refractivity contribution in [1.29, 1.82) is 0 Å². The van der Waals surface area contributed by atoms with Crippen LogP contribution in [-0.2, 0) is 13.1 Å². The molecule has 0 saturated carbocycles. The normalized spacial score (nSPS) is 13.6. The molecule has 1 aliphatic heterocycles. The van der Waals surface area contributed by atoms with E-state index in [1.54, 1.807) is 6.08 Å². The number of rotatable bonds is 4. The molecule has 0 amide bonds. The van der Waals surface area contributed by atoms with E-state index in [0.29, 0.717) is 6.42 Å². The highest BCUT2D eigenvalue weighted by molar-refractivity contribution is 5.96. The van der Waals surface area contributed by atoms with Gasteiger partial charge >= 0.3 is 0 Å². The summed E-state index contributed by atoms with van der Waals surface area (Å²) in [5.41, 5.74) is 3.41. The number of hydrogen-bond acceptors (Lipinski definition) is 2. The fourth-order valence-electron chi connectivity index (χ4n) is 1.85. The SMILES string of the molecule is C=CCCC(=O)c1ccc2c(c1)CNC2. The molecule has 0 aromatic heterocycles. The van der Waals surface area contributed by atoms with Crippen molar-refractivity contribution >= 4 is 5.78 Å². The molecule has 0 aliphatic carbocycles. The van der Waals surface area contributed by atoms with Gasteiger partial charge < -0.3 is 5.32 Å². The van der Waals surface area contributed by atoms with Crippen LogP contribution in [0.3, 0.4) is 0 Å². The van der Waals surface area contributed by atoms with Crippen molar-refractivity contribution in [3.8, 4) is 0 Å². The van der Waals surface area contributed by atoms with Gasteiger partial charge in [-0.1, -0.05) is 18.2 Å². The molecule has 2 heteroatoms. The molecule has 2 rings (SSSR count). The van der Waals surface area contributed by atoms with Gasteiger partial charge in [0.25, 0.3) is 0 Å². The zero-order valence-corrected chi connectivity index (χ0v) is 8.75. The van der Waals surface area contributed by atoms with Gasteiger partial charge in [0.1, 0.15) is 0 Å². The summed E-state index contributed by atoms with van der Waals surface area (Å²) in [5.74, 6) is 0.213. The van der Waals surface area contributed by atoms with Crippen LogP contribution < -0.4 is 5.32 Å². The van der Waals surface area contributed by atoms with Gasteiger partial charge in [-0.15, -0.1) is 6.58 Å². The van der Waals surface area contributed by atoms with Gasteiger partial charge in [0.05, 0.1) is 0 Å². The largest absolute Gasteiger partial charge is 0.309 e. The maximum absolute atomic E-state index is 11.7. The zero-order chi connectivity index (χ0) is 10.7. The Balaban J connectivity index is 2.15. The summed E-state index contributed by atoms with van der Waals surface area (Å²) >= 11 is 0.